The molecule has 0 aliphatic rings. The van der Waals surface area contributed by atoms with Crippen molar-refractivity contribution >= 4 is 24.2 Å². The van der Waals surface area contributed by atoms with Gasteiger partial charge in [-0.3, -0.25) is 5.41 Å². The number of ether oxygens (including phenoxy) is 1. The van der Waals surface area contributed by atoms with E-state index in [1.807, 2.05) is 0 Å². The molecule has 0 amide bonds. The van der Waals surface area contributed by atoms with Gasteiger partial charge in [-0.15, -0.1) is 12.4 Å². The van der Waals surface area contributed by atoms with Gasteiger partial charge in [0, 0.05) is 0 Å². The SMILES string of the molecule is COC(=O)C(=N)N.Cl. The molecule has 48 valence electrons. The quantitative estimate of drug-likeness (QED) is 0.270. The first-order valence-electron chi connectivity index (χ1n) is 1.61. The average Bonchev–Trinajstić information content (AvgIpc) is 1.65. The fourth-order valence-electron chi connectivity index (χ4n) is 0.110. The summed E-state index contributed by atoms with van der Waals surface area (Å²) in [7, 11) is 1.17. The molecule has 0 aliphatic carbocycles. The van der Waals surface area contributed by atoms with Gasteiger partial charge in [-0.1, -0.05) is 0 Å². The Hall–Kier alpha value is -0.770. The van der Waals surface area contributed by atoms with Gasteiger partial charge in [-0.2, -0.15) is 0 Å². The molecule has 0 aromatic rings. The molecule has 0 heterocycles. The molecule has 0 fully saturated rings. The fourth-order valence-corrected chi connectivity index (χ4v) is 0.110. The number of nitrogens with one attached hydrogen (secondary N) is 1. The normalized spacial score (nSPS) is 6.62. The van der Waals surface area contributed by atoms with Gasteiger partial charge in [0.25, 0.3) is 0 Å². The van der Waals surface area contributed by atoms with E-state index in [9.17, 15) is 4.79 Å². The maximum Gasteiger partial charge on any atom is 0.372 e. The van der Waals surface area contributed by atoms with E-state index in [4.69, 9.17) is 5.41 Å². The lowest BCUT2D eigenvalue weighted by Crippen LogP contribution is -2.23. The van der Waals surface area contributed by atoms with E-state index in [2.05, 4.69) is 10.5 Å². The number of hydrogen-bond acceptors (Lipinski definition) is 3. The largest absolute Gasteiger partial charge is 0.463 e. The summed E-state index contributed by atoms with van der Waals surface area (Å²) in [5.74, 6) is -1.36. The fraction of sp³-hybridized carbons (Fsp3) is 0.333. The van der Waals surface area contributed by atoms with E-state index in [0.29, 0.717) is 0 Å². The zero-order valence-corrected chi connectivity index (χ0v) is 5.12. The van der Waals surface area contributed by atoms with Gasteiger partial charge in [0.15, 0.2) is 0 Å². The minimum atomic E-state index is -0.792. The predicted molar refractivity (Wildman–Crippen MR) is 31.2 cm³/mol. The van der Waals surface area contributed by atoms with Gasteiger partial charge in [-0.05, 0) is 0 Å². The number of hydrogen-bond donors (Lipinski definition) is 2. The molecule has 0 atom stereocenters. The van der Waals surface area contributed by atoms with Gasteiger partial charge in [0.2, 0.25) is 5.84 Å². The number of halogens is 1. The van der Waals surface area contributed by atoms with Gasteiger partial charge >= 0.3 is 5.97 Å². The second-order valence-corrected chi connectivity index (χ2v) is 0.905. The Morgan fingerprint density at radius 3 is 2.12 bits per heavy atom. The number of methoxy groups -OCH3 is 1. The highest BCUT2D eigenvalue weighted by Crippen LogP contribution is 1.66. The number of amidine groups is 1. The molecular weight excluding hydrogens is 131 g/mol. The van der Waals surface area contributed by atoms with Crippen LogP contribution in [0.1, 0.15) is 0 Å². The first kappa shape index (κ1) is 10.3. The van der Waals surface area contributed by atoms with Gasteiger partial charge in [0.1, 0.15) is 0 Å². The van der Waals surface area contributed by atoms with Gasteiger partial charge in [0.05, 0.1) is 7.11 Å². The van der Waals surface area contributed by atoms with Crippen LogP contribution in [0.3, 0.4) is 0 Å². The zero-order chi connectivity index (χ0) is 5.86. The Kier molecular flexibility index (Phi) is 5.63. The molecule has 0 spiro atoms. The average molecular weight is 139 g/mol. The molecule has 0 aromatic heterocycles. The molecule has 0 aromatic carbocycles. The van der Waals surface area contributed by atoms with E-state index in [1.165, 1.54) is 7.11 Å². The third-order valence-electron chi connectivity index (χ3n) is 0.405. The van der Waals surface area contributed by atoms with Gasteiger partial charge < -0.3 is 10.5 Å². The van der Waals surface area contributed by atoms with E-state index >= 15 is 0 Å². The molecule has 4 nitrogen and oxygen atoms in total. The number of carbonyl (C=O) groups is 1. The molecule has 8 heavy (non-hydrogen) atoms. The summed E-state index contributed by atoms with van der Waals surface area (Å²) in [6.45, 7) is 0. The summed E-state index contributed by atoms with van der Waals surface area (Å²) >= 11 is 0. The van der Waals surface area contributed by atoms with Crippen LogP contribution in [0.4, 0.5) is 0 Å². The Morgan fingerprint density at radius 1 is 1.75 bits per heavy atom. The molecule has 3 N–H and O–H groups in total. The number of esters is 1. The van der Waals surface area contributed by atoms with Crippen molar-refractivity contribution in [3.63, 3.8) is 0 Å². The van der Waals surface area contributed by atoms with Crippen molar-refractivity contribution < 1.29 is 9.53 Å². The van der Waals surface area contributed by atoms with Crippen LogP contribution in [-0.4, -0.2) is 18.9 Å². The molecule has 0 bridgehead atoms. The minimum Gasteiger partial charge on any atom is -0.463 e. The minimum absolute atomic E-state index is 0. The highest BCUT2D eigenvalue weighted by molar-refractivity contribution is 6.33. The van der Waals surface area contributed by atoms with Crippen LogP contribution in [-0.2, 0) is 9.53 Å². The van der Waals surface area contributed by atoms with E-state index in [-0.39, 0.29) is 12.4 Å². The van der Waals surface area contributed by atoms with Crippen molar-refractivity contribution in [1.82, 2.24) is 0 Å². The maximum atomic E-state index is 9.94. The van der Waals surface area contributed by atoms with E-state index in [1.54, 1.807) is 0 Å². The lowest BCUT2D eigenvalue weighted by molar-refractivity contribution is -0.132. The molecule has 0 aliphatic heterocycles. The van der Waals surface area contributed by atoms with Crippen LogP contribution in [0.5, 0.6) is 0 Å². The van der Waals surface area contributed by atoms with Crippen LogP contribution in [0.25, 0.3) is 0 Å². The molecule has 0 saturated heterocycles. The summed E-state index contributed by atoms with van der Waals surface area (Å²) in [5, 5.41) is 6.40. The number of nitrogens with two attached hydrogens (primary N) is 1. The first-order chi connectivity index (χ1) is 3.18. The molecule has 0 saturated carbocycles. The Bertz CT molecular complexity index is 103. The standard InChI is InChI=1S/C3H6N2O2.ClH/c1-7-3(6)2(4)5;/h1H3,(H3,4,5);1H. The predicted octanol–water partition coefficient (Wildman–Crippen LogP) is -0.483. The monoisotopic (exact) mass is 138 g/mol. The molecule has 0 rings (SSSR count). The third kappa shape index (κ3) is 3.42. The van der Waals surface area contributed by atoms with Crippen LogP contribution in [0, 0.1) is 5.41 Å². The van der Waals surface area contributed by atoms with E-state index < -0.39 is 11.8 Å². The second-order valence-electron chi connectivity index (χ2n) is 0.905. The van der Waals surface area contributed by atoms with Crippen LogP contribution in [0.15, 0.2) is 0 Å². The molecule has 0 unspecified atom stereocenters. The van der Waals surface area contributed by atoms with Crippen molar-refractivity contribution in [1.29, 1.82) is 5.41 Å². The molecule has 0 radical (unpaired) electrons. The lowest BCUT2D eigenvalue weighted by Gasteiger charge is -1.89. The summed E-state index contributed by atoms with van der Waals surface area (Å²) in [4.78, 5) is 9.94. The van der Waals surface area contributed by atoms with Crippen molar-refractivity contribution in [2.45, 2.75) is 0 Å². The van der Waals surface area contributed by atoms with Crippen LogP contribution in [0.2, 0.25) is 0 Å². The zero-order valence-electron chi connectivity index (χ0n) is 4.30. The summed E-state index contributed by atoms with van der Waals surface area (Å²) in [6, 6.07) is 0. The van der Waals surface area contributed by atoms with Crippen LogP contribution < -0.4 is 5.73 Å². The highest BCUT2D eigenvalue weighted by Gasteiger charge is 1.99. The highest BCUT2D eigenvalue weighted by atomic mass is 35.5. The summed E-state index contributed by atoms with van der Waals surface area (Å²) < 4.78 is 4.02. The first-order valence-corrected chi connectivity index (χ1v) is 1.61. The Balaban J connectivity index is 0. The second kappa shape index (κ2) is 4.39. The van der Waals surface area contributed by atoms with Gasteiger partial charge in [-0.25, -0.2) is 4.79 Å². The Morgan fingerprint density at radius 2 is 2.12 bits per heavy atom. The van der Waals surface area contributed by atoms with Crippen molar-refractivity contribution in [3.8, 4) is 0 Å². The van der Waals surface area contributed by atoms with Crippen LogP contribution >= 0.6 is 12.4 Å². The number of carbonyl (C=O) groups excluding carboxylic acids is 1. The summed E-state index contributed by atoms with van der Waals surface area (Å²) in [5.41, 5.74) is 4.66. The lowest BCUT2D eigenvalue weighted by atomic mass is 10.6. The van der Waals surface area contributed by atoms with E-state index in [0.717, 1.165) is 0 Å². The molecule has 5 heteroatoms. The topological polar surface area (TPSA) is 76.2 Å². The Labute approximate surface area is 52.9 Å². The molecular formula is C3H7ClN2O2. The number of rotatable bonds is 0. The van der Waals surface area contributed by atoms with Crippen molar-refractivity contribution in [2.24, 2.45) is 5.73 Å². The van der Waals surface area contributed by atoms with Crippen molar-refractivity contribution in [2.75, 3.05) is 7.11 Å². The summed E-state index contributed by atoms with van der Waals surface area (Å²) in [6.07, 6.45) is 0. The third-order valence-corrected chi connectivity index (χ3v) is 0.405. The maximum absolute atomic E-state index is 9.94. The smallest absolute Gasteiger partial charge is 0.372 e. The van der Waals surface area contributed by atoms with Crippen molar-refractivity contribution in [3.05, 3.63) is 0 Å².